The molecular formula is C13H12FN5O. The summed E-state index contributed by atoms with van der Waals surface area (Å²) in [5.74, 6) is -0.128. The van der Waals surface area contributed by atoms with Crippen LogP contribution >= 0.6 is 0 Å². The van der Waals surface area contributed by atoms with Gasteiger partial charge in [-0.05, 0) is 17.7 Å². The SMILES string of the molecule is Cn1ncc2c(Oc3ccc(CN)cc3F)ncnc21. The molecule has 0 radical (unpaired) electrons. The lowest BCUT2D eigenvalue weighted by Gasteiger charge is -2.07. The number of nitrogens with zero attached hydrogens (tertiary/aromatic N) is 4. The Morgan fingerprint density at radius 2 is 2.20 bits per heavy atom. The molecule has 6 nitrogen and oxygen atoms in total. The minimum absolute atomic E-state index is 0.0889. The highest BCUT2D eigenvalue weighted by Gasteiger charge is 2.12. The highest BCUT2D eigenvalue weighted by molar-refractivity contribution is 5.79. The van der Waals surface area contributed by atoms with Gasteiger partial charge in [-0.3, -0.25) is 4.68 Å². The summed E-state index contributed by atoms with van der Waals surface area (Å²) in [5.41, 5.74) is 6.78. The Balaban J connectivity index is 2.01. The zero-order valence-corrected chi connectivity index (χ0v) is 10.7. The molecule has 3 aromatic rings. The second-order valence-electron chi connectivity index (χ2n) is 4.26. The normalized spacial score (nSPS) is 10.9. The Morgan fingerprint density at radius 3 is 2.95 bits per heavy atom. The van der Waals surface area contributed by atoms with Crippen LogP contribution in [0.1, 0.15) is 5.56 Å². The van der Waals surface area contributed by atoms with E-state index in [1.54, 1.807) is 24.0 Å². The fourth-order valence-electron chi connectivity index (χ4n) is 1.88. The first kappa shape index (κ1) is 12.5. The van der Waals surface area contributed by atoms with Crippen molar-refractivity contribution in [1.29, 1.82) is 0 Å². The molecule has 20 heavy (non-hydrogen) atoms. The third-order valence-electron chi connectivity index (χ3n) is 2.93. The minimum Gasteiger partial charge on any atom is -0.435 e. The summed E-state index contributed by atoms with van der Waals surface area (Å²) in [6, 6.07) is 4.58. The van der Waals surface area contributed by atoms with E-state index < -0.39 is 5.82 Å². The van der Waals surface area contributed by atoms with Gasteiger partial charge in [0.15, 0.2) is 17.2 Å². The van der Waals surface area contributed by atoms with Gasteiger partial charge in [0.1, 0.15) is 11.7 Å². The topological polar surface area (TPSA) is 78.9 Å². The maximum absolute atomic E-state index is 13.9. The van der Waals surface area contributed by atoms with Gasteiger partial charge < -0.3 is 10.5 Å². The maximum Gasteiger partial charge on any atom is 0.233 e. The van der Waals surface area contributed by atoms with Crippen molar-refractivity contribution in [3.63, 3.8) is 0 Å². The molecular weight excluding hydrogens is 261 g/mol. The van der Waals surface area contributed by atoms with Gasteiger partial charge in [0.2, 0.25) is 5.88 Å². The largest absolute Gasteiger partial charge is 0.435 e. The third kappa shape index (κ3) is 2.08. The van der Waals surface area contributed by atoms with Gasteiger partial charge in [-0.15, -0.1) is 0 Å². The van der Waals surface area contributed by atoms with E-state index in [1.165, 1.54) is 18.5 Å². The average molecular weight is 273 g/mol. The molecule has 0 bridgehead atoms. The number of benzene rings is 1. The molecule has 0 atom stereocenters. The van der Waals surface area contributed by atoms with E-state index >= 15 is 0 Å². The number of hydrogen-bond acceptors (Lipinski definition) is 5. The van der Waals surface area contributed by atoms with Gasteiger partial charge >= 0.3 is 0 Å². The van der Waals surface area contributed by atoms with Crippen molar-refractivity contribution in [3.05, 3.63) is 42.1 Å². The second-order valence-corrected chi connectivity index (χ2v) is 4.26. The summed E-state index contributed by atoms with van der Waals surface area (Å²) < 4.78 is 21.0. The first-order valence-electron chi connectivity index (χ1n) is 5.98. The van der Waals surface area contributed by atoms with Crippen LogP contribution < -0.4 is 10.5 Å². The number of ether oxygens (including phenoxy) is 1. The zero-order chi connectivity index (χ0) is 14.1. The molecule has 0 spiro atoms. The first-order chi connectivity index (χ1) is 9.69. The van der Waals surface area contributed by atoms with E-state index in [0.717, 1.165) is 0 Å². The van der Waals surface area contributed by atoms with Gasteiger partial charge in [-0.1, -0.05) is 6.07 Å². The molecule has 0 aliphatic heterocycles. The van der Waals surface area contributed by atoms with Crippen molar-refractivity contribution < 1.29 is 9.13 Å². The van der Waals surface area contributed by atoms with E-state index in [9.17, 15) is 4.39 Å². The van der Waals surface area contributed by atoms with Gasteiger partial charge in [-0.2, -0.15) is 5.10 Å². The van der Waals surface area contributed by atoms with E-state index in [2.05, 4.69) is 15.1 Å². The number of aryl methyl sites for hydroxylation is 1. The van der Waals surface area contributed by atoms with Gasteiger partial charge in [0.25, 0.3) is 0 Å². The van der Waals surface area contributed by atoms with Crippen molar-refractivity contribution in [3.8, 4) is 11.6 Å². The van der Waals surface area contributed by atoms with Gasteiger partial charge in [0, 0.05) is 13.6 Å². The van der Waals surface area contributed by atoms with E-state index in [1.807, 2.05) is 0 Å². The third-order valence-corrected chi connectivity index (χ3v) is 2.93. The summed E-state index contributed by atoms with van der Waals surface area (Å²) in [5, 5.41) is 4.69. The Kier molecular flexibility index (Phi) is 3.03. The molecule has 2 aromatic heterocycles. The number of aromatic nitrogens is 4. The van der Waals surface area contributed by atoms with Crippen LogP contribution in [0, 0.1) is 5.82 Å². The predicted octanol–water partition coefficient (Wildman–Crippen LogP) is 1.75. The van der Waals surface area contributed by atoms with E-state index in [-0.39, 0.29) is 18.2 Å². The van der Waals surface area contributed by atoms with Gasteiger partial charge in [0.05, 0.1) is 6.20 Å². The quantitative estimate of drug-likeness (QED) is 0.786. The van der Waals surface area contributed by atoms with Crippen molar-refractivity contribution in [2.24, 2.45) is 12.8 Å². The Morgan fingerprint density at radius 1 is 1.35 bits per heavy atom. The smallest absolute Gasteiger partial charge is 0.233 e. The molecule has 7 heteroatoms. The van der Waals surface area contributed by atoms with Crippen molar-refractivity contribution >= 4 is 11.0 Å². The van der Waals surface area contributed by atoms with Crippen molar-refractivity contribution in [2.45, 2.75) is 6.54 Å². The Hall–Kier alpha value is -2.54. The molecule has 0 aliphatic carbocycles. The van der Waals surface area contributed by atoms with Gasteiger partial charge in [-0.25, -0.2) is 14.4 Å². The molecule has 0 fully saturated rings. The second kappa shape index (κ2) is 4.86. The number of halogens is 1. The molecule has 0 aliphatic rings. The van der Waals surface area contributed by atoms with Crippen LogP contribution in [0.5, 0.6) is 11.6 Å². The molecule has 102 valence electrons. The number of hydrogen-bond donors (Lipinski definition) is 1. The predicted molar refractivity (Wildman–Crippen MR) is 70.7 cm³/mol. The molecule has 1 aromatic carbocycles. The molecule has 0 amide bonds. The summed E-state index contributed by atoms with van der Waals surface area (Å²) in [4.78, 5) is 8.11. The maximum atomic E-state index is 13.9. The highest BCUT2D eigenvalue weighted by atomic mass is 19.1. The fourth-order valence-corrected chi connectivity index (χ4v) is 1.88. The molecule has 0 unspecified atom stereocenters. The summed E-state index contributed by atoms with van der Waals surface area (Å²) >= 11 is 0. The van der Waals surface area contributed by atoms with Crippen molar-refractivity contribution in [2.75, 3.05) is 0 Å². The number of rotatable bonds is 3. The molecule has 2 heterocycles. The van der Waals surface area contributed by atoms with Crippen molar-refractivity contribution in [1.82, 2.24) is 19.7 Å². The molecule has 2 N–H and O–H groups in total. The minimum atomic E-state index is -0.483. The lowest BCUT2D eigenvalue weighted by molar-refractivity contribution is 0.431. The van der Waals surface area contributed by atoms with Crippen LogP contribution in [0.4, 0.5) is 4.39 Å². The summed E-state index contributed by atoms with van der Waals surface area (Å²) in [6.45, 7) is 0.275. The fraction of sp³-hybridized carbons (Fsp3) is 0.154. The Bertz CT molecular complexity index is 771. The summed E-state index contributed by atoms with van der Waals surface area (Å²) in [6.07, 6.45) is 2.93. The lowest BCUT2D eigenvalue weighted by atomic mass is 10.2. The molecule has 3 rings (SSSR count). The van der Waals surface area contributed by atoms with Crippen LogP contribution in [0.2, 0.25) is 0 Å². The van der Waals surface area contributed by atoms with Crippen LogP contribution in [-0.2, 0) is 13.6 Å². The van der Waals surface area contributed by atoms with Crippen LogP contribution in [0.25, 0.3) is 11.0 Å². The standard InChI is InChI=1S/C13H12FN5O/c1-19-12-9(6-18-19)13(17-7-16-12)20-11-3-2-8(5-15)4-10(11)14/h2-4,6-7H,5,15H2,1H3. The summed E-state index contributed by atoms with van der Waals surface area (Å²) in [7, 11) is 1.76. The molecule has 0 saturated carbocycles. The Labute approximate surface area is 114 Å². The lowest BCUT2D eigenvalue weighted by Crippen LogP contribution is -1.98. The number of nitrogens with two attached hydrogens (primary N) is 1. The zero-order valence-electron chi connectivity index (χ0n) is 10.7. The number of fused-ring (bicyclic) bond motifs is 1. The van der Waals surface area contributed by atoms with Crippen LogP contribution in [0.3, 0.4) is 0 Å². The molecule has 0 saturated heterocycles. The average Bonchev–Trinajstić information content (AvgIpc) is 2.84. The monoisotopic (exact) mass is 273 g/mol. The van der Waals surface area contributed by atoms with E-state index in [4.69, 9.17) is 10.5 Å². The highest BCUT2D eigenvalue weighted by Crippen LogP contribution is 2.28. The van der Waals surface area contributed by atoms with Crippen LogP contribution in [-0.4, -0.2) is 19.7 Å². The first-order valence-corrected chi connectivity index (χ1v) is 5.98. The van der Waals surface area contributed by atoms with Crippen LogP contribution in [0.15, 0.2) is 30.7 Å². The van der Waals surface area contributed by atoms with E-state index in [0.29, 0.717) is 16.6 Å².